The number of aryl methyl sites for hydroxylation is 2. The summed E-state index contributed by atoms with van der Waals surface area (Å²) in [6, 6.07) is 23.8. The van der Waals surface area contributed by atoms with Crippen molar-refractivity contribution in [2.45, 2.75) is 20.3 Å². The summed E-state index contributed by atoms with van der Waals surface area (Å²) in [5.74, 6) is 0.0893. The number of fused-ring (bicyclic) bond motifs is 1. The standard InChI is InChI=1S/C26H21NO3/c1-17-3-7-19(8-4-17)25(28)16-22-12-11-21-15-23(13-14-24(21)27-22)30-26(29)20-9-5-18(2)6-10-20/h3-15H,16H2,1-2H3. The van der Waals surface area contributed by atoms with E-state index in [1.54, 1.807) is 30.3 Å². The second-order valence-corrected chi connectivity index (χ2v) is 7.38. The van der Waals surface area contributed by atoms with E-state index >= 15 is 0 Å². The molecule has 0 fully saturated rings. The first kappa shape index (κ1) is 19.5. The van der Waals surface area contributed by atoms with Crippen molar-refractivity contribution in [3.63, 3.8) is 0 Å². The largest absolute Gasteiger partial charge is 0.423 e. The number of benzene rings is 3. The van der Waals surface area contributed by atoms with Gasteiger partial charge in [-0.2, -0.15) is 0 Å². The number of Topliss-reactive ketones (excluding diaryl/α,β-unsaturated/α-hetero) is 1. The minimum absolute atomic E-state index is 0.0329. The number of rotatable bonds is 5. The molecule has 148 valence electrons. The maximum atomic E-state index is 12.5. The van der Waals surface area contributed by atoms with Crippen LogP contribution < -0.4 is 4.74 Å². The van der Waals surface area contributed by atoms with Crippen LogP contribution in [0.3, 0.4) is 0 Å². The van der Waals surface area contributed by atoms with E-state index in [1.807, 2.05) is 62.4 Å². The molecule has 0 aliphatic heterocycles. The zero-order chi connectivity index (χ0) is 21.1. The third kappa shape index (κ3) is 4.44. The predicted molar refractivity (Wildman–Crippen MR) is 117 cm³/mol. The first-order valence-corrected chi connectivity index (χ1v) is 9.76. The number of ketones is 1. The zero-order valence-electron chi connectivity index (χ0n) is 16.9. The maximum absolute atomic E-state index is 12.5. The van der Waals surface area contributed by atoms with Crippen molar-refractivity contribution in [1.29, 1.82) is 0 Å². The van der Waals surface area contributed by atoms with Crippen LogP contribution in [0.5, 0.6) is 5.75 Å². The molecule has 0 N–H and O–H groups in total. The third-order valence-corrected chi connectivity index (χ3v) is 4.93. The van der Waals surface area contributed by atoms with Gasteiger partial charge in [-0.1, -0.05) is 53.6 Å². The zero-order valence-corrected chi connectivity index (χ0v) is 16.9. The van der Waals surface area contributed by atoms with Crippen molar-refractivity contribution in [2.75, 3.05) is 0 Å². The molecule has 0 aliphatic rings. The highest BCUT2D eigenvalue weighted by Gasteiger charge is 2.11. The van der Waals surface area contributed by atoms with E-state index in [2.05, 4.69) is 4.98 Å². The Labute approximate surface area is 175 Å². The summed E-state index contributed by atoms with van der Waals surface area (Å²) < 4.78 is 5.49. The van der Waals surface area contributed by atoms with E-state index in [0.29, 0.717) is 22.6 Å². The van der Waals surface area contributed by atoms with Crippen LogP contribution in [-0.4, -0.2) is 16.7 Å². The Morgan fingerprint density at radius 3 is 2.07 bits per heavy atom. The highest BCUT2D eigenvalue weighted by atomic mass is 16.5. The van der Waals surface area contributed by atoms with Gasteiger partial charge in [0.05, 0.1) is 17.5 Å². The number of carbonyl (C=O) groups excluding carboxylic acids is 2. The normalized spacial score (nSPS) is 10.7. The number of aromatic nitrogens is 1. The molecule has 4 aromatic rings. The molecule has 0 atom stereocenters. The van der Waals surface area contributed by atoms with Crippen molar-refractivity contribution in [3.05, 3.63) is 107 Å². The molecule has 30 heavy (non-hydrogen) atoms. The third-order valence-electron chi connectivity index (χ3n) is 4.93. The molecular formula is C26H21NO3. The fraction of sp³-hybridized carbons (Fsp3) is 0.115. The van der Waals surface area contributed by atoms with Gasteiger partial charge in [-0.05, 0) is 50.2 Å². The van der Waals surface area contributed by atoms with Crippen LogP contribution in [-0.2, 0) is 6.42 Å². The summed E-state index contributed by atoms with van der Waals surface area (Å²) in [5.41, 5.74) is 4.84. The predicted octanol–water partition coefficient (Wildman–Crippen LogP) is 5.50. The second kappa shape index (κ2) is 8.29. The first-order chi connectivity index (χ1) is 14.5. The number of hydrogen-bond donors (Lipinski definition) is 0. The number of hydrogen-bond acceptors (Lipinski definition) is 4. The van der Waals surface area contributed by atoms with Crippen molar-refractivity contribution in [3.8, 4) is 5.75 Å². The number of esters is 1. The van der Waals surface area contributed by atoms with E-state index in [0.717, 1.165) is 22.0 Å². The fourth-order valence-corrected chi connectivity index (χ4v) is 3.17. The van der Waals surface area contributed by atoms with Crippen LogP contribution in [0.1, 0.15) is 37.5 Å². The van der Waals surface area contributed by atoms with E-state index in [4.69, 9.17) is 4.74 Å². The van der Waals surface area contributed by atoms with Crippen LogP contribution in [0.15, 0.2) is 78.9 Å². The van der Waals surface area contributed by atoms with Gasteiger partial charge < -0.3 is 4.74 Å². The molecule has 1 aromatic heterocycles. The summed E-state index contributed by atoms with van der Waals surface area (Å²) in [6.45, 7) is 3.96. The molecule has 0 radical (unpaired) electrons. The molecule has 4 rings (SSSR count). The van der Waals surface area contributed by atoms with E-state index in [1.165, 1.54) is 0 Å². The molecule has 0 aliphatic carbocycles. The van der Waals surface area contributed by atoms with Crippen LogP contribution in [0.25, 0.3) is 10.9 Å². The van der Waals surface area contributed by atoms with E-state index in [9.17, 15) is 9.59 Å². The molecule has 0 spiro atoms. The molecule has 0 saturated heterocycles. The molecule has 4 nitrogen and oxygen atoms in total. The molecule has 0 saturated carbocycles. The van der Waals surface area contributed by atoms with Crippen molar-refractivity contribution >= 4 is 22.7 Å². The highest BCUT2D eigenvalue weighted by molar-refractivity contribution is 5.97. The van der Waals surface area contributed by atoms with Crippen LogP contribution >= 0.6 is 0 Å². The molecule has 0 bridgehead atoms. The lowest BCUT2D eigenvalue weighted by Gasteiger charge is -2.07. The Morgan fingerprint density at radius 1 is 0.767 bits per heavy atom. The molecule has 0 unspecified atom stereocenters. The summed E-state index contributed by atoms with van der Waals surface area (Å²) in [6.07, 6.45) is 0.239. The van der Waals surface area contributed by atoms with Gasteiger partial charge >= 0.3 is 5.97 Å². The van der Waals surface area contributed by atoms with Gasteiger partial charge in [0.25, 0.3) is 0 Å². The Hall–Kier alpha value is -3.79. The van der Waals surface area contributed by atoms with Gasteiger partial charge in [-0.25, -0.2) is 4.79 Å². The number of carbonyl (C=O) groups is 2. The number of nitrogens with zero attached hydrogens (tertiary/aromatic N) is 1. The monoisotopic (exact) mass is 395 g/mol. The Morgan fingerprint density at radius 2 is 1.40 bits per heavy atom. The summed E-state index contributed by atoms with van der Waals surface area (Å²) in [5, 5.41) is 0.843. The fourth-order valence-electron chi connectivity index (χ4n) is 3.17. The van der Waals surface area contributed by atoms with Gasteiger partial charge in [-0.3, -0.25) is 9.78 Å². The van der Waals surface area contributed by atoms with Crippen LogP contribution in [0.4, 0.5) is 0 Å². The van der Waals surface area contributed by atoms with Gasteiger partial charge in [0.15, 0.2) is 5.78 Å². The highest BCUT2D eigenvalue weighted by Crippen LogP contribution is 2.21. The average molecular weight is 395 g/mol. The summed E-state index contributed by atoms with van der Waals surface area (Å²) in [7, 11) is 0. The lowest BCUT2D eigenvalue weighted by atomic mass is 10.0. The molecular weight excluding hydrogens is 374 g/mol. The first-order valence-electron chi connectivity index (χ1n) is 9.76. The van der Waals surface area contributed by atoms with Gasteiger partial charge in [-0.15, -0.1) is 0 Å². The molecule has 3 aromatic carbocycles. The minimum Gasteiger partial charge on any atom is -0.423 e. The summed E-state index contributed by atoms with van der Waals surface area (Å²) in [4.78, 5) is 29.4. The van der Waals surface area contributed by atoms with Crippen molar-refractivity contribution in [1.82, 2.24) is 4.98 Å². The summed E-state index contributed by atoms with van der Waals surface area (Å²) >= 11 is 0. The van der Waals surface area contributed by atoms with E-state index in [-0.39, 0.29) is 12.2 Å². The Balaban J connectivity index is 1.49. The molecule has 1 heterocycles. The smallest absolute Gasteiger partial charge is 0.343 e. The second-order valence-electron chi connectivity index (χ2n) is 7.38. The lowest BCUT2D eigenvalue weighted by molar-refractivity contribution is 0.0734. The Kier molecular flexibility index (Phi) is 5.40. The van der Waals surface area contributed by atoms with Gasteiger partial charge in [0.1, 0.15) is 5.75 Å². The number of pyridine rings is 1. The molecule has 0 amide bonds. The van der Waals surface area contributed by atoms with Crippen LogP contribution in [0.2, 0.25) is 0 Å². The minimum atomic E-state index is -0.400. The van der Waals surface area contributed by atoms with Crippen LogP contribution in [0, 0.1) is 13.8 Å². The quantitative estimate of drug-likeness (QED) is 0.254. The maximum Gasteiger partial charge on any atom is 0.343 e. The topological polar surface area (TPSA) is 56.3 Å². The van der Waals surface area contributed by atoms with Gasteiger partial charge in [0.2, 0.25) is 0 Å². The van der Waals surface area contributed by atoms with E-state index < -0.39 is 5.97 Å². The van der Waals surface area contributed by atoms with Gasteiger partial charge in [0, 0.05) is 16.6 Å². The van der Waals surface area contributed by atoms with Crippen molar-refractivity contribution < 1.29 is 14.3 Å². The lowest BCUT2D eigenvalue weighted by Crippen LogP contribution is -2.08. The molecule has 4 heteroatoms. The van der Waals surface area contributed by atoms with Crippen molar-refractivity contribution in [2.24, 2.45) is 0 Å². The SMILES string of the molecule is Cc1ccc(C(=O)Cc2ccc3cc(OC(=O)c4ccc(C)cc4)ccc3n2)cc1. The average Bonchev–Trinajstić information content (AvgIpc) is 2.74. The number of ether oxygens (including phenoxy) is 1. The Bertz CT molecular complexity index is 1130.